The fraction of sp³-hybridized carbons (Fsp3) is 0.529. The van der Waals surface area contributed by atoms with Crippen LogP contribution in [0, 0.1) is 5.92 Å². The van der Waals surface area contributed by atoms with Gasteiger partial charge in [-0.1, -0.05) is 18.2 Å². The zero-order valence-corrected chi connectivity index (χ0v) is 13.0. The molecule has 1 unspecified atom stereocenters. The number of likely N-dealkylation sites (tertiary alicyclic amines) is 1. The number of benzene rings is 1. The summed E-state index contributed by atoms with van der Waals surface area (Å²) in [4.78, 5) is 28.2. The van der Waals surface area contributed by atoms with Crippen molar-refractivity contribution in [2.24, 2.45) is 5.92 Å². The van der Waals surface area contributed by atoms with Crippen molar-refractivity contribution in [1.82, 2.24) is 4.90 Å². The van der Waals surface area contributed by atoms with Crippen LogP contribution in [-0.4, -0.2) is 43.1 Å². The Morgan fingerprint density at radius 1 is 1.27 bits per heavy atom. The molecular formula is C17H22N2O3. The molecule has 0 radical (unpaired) electrons. The lowest BCUT2D eigenvalue weighted by atomic mass is 9.96. The second-order valence-electron chi connectivity index (χ2n) is 5.85. The van der Waals surface area contributed by atoms with Crippen molar-refractivity contribution >= 4 is 17.7 Å². The van der Waals surface area contributed by atoms with Crippen molar-refractivity contribution in [3.05, 3.63) is 29.8 Å². The monoisotopic (exact) mass is 302 g/mol. The van der Waals surface area contributed by atoms with Gasteiger partial charge >= 0.3 is 6.09 Å². The number of hydrogen-bond acceptors (Lipinski definition) is 3. The van der Waals surface area contributed by atoms with E-state index in [9.17, 15) is 9.59 Å². The lowest BCUT2D eigenvalue weighted by molar-refractivity contribution is -0.123. The molecule has 5 heteroatoms. The molecule has 1 saturated heterocycles. The number of para-hydroxylation sites is 1. The first-order valence-electron chi connectivity index (χ1n) is 8.01. The minimum atomic E-state index is -0.304. The molecule has 118 valence electrons. The van der Waals surface area contributed by atoms with Crippen molar-refractivity contribution in [2.75, 3.05) is 31.1 Å². The van der Waals surface area contributed by atoms with Crippen molar-refractivity contribution in [3.8, 4) is 0 Å². The molecule has 2 aliphatic heterocycles. The Kier molecular flexibility index (Phi) is 4.32. The number of carbonyl (C=O) groups is 2. The number of nitrogens with zero attached hydrogens (tertiary/aromatic N) is 2. The Morgan fingerprint density at radius 3 is 2.91 bits per heavy atom. The highest BCUT2D eigenvalue weighted by Gasteiger charge is 2.34. The van der Waals surface area contributed by atoms with E-state index in [1.54, 1.807) is 11.8 Å². The Hall–Kier alpha value is -2.04. The molecule has 2 aliphatic rings. The Bertz CT molecular complexity index is 573. The molecule has 2 amide bonds. The zero-order valence-electron chi connectivity index (χ0n) is 13.0. The van der Waals surface area contributed by atoms with Gasteiger partial charge in [-0.25, -0.2) is 4.79 Å². The fourth-order valence-electron chi connectivity index (χ4n) is 3.35. The molecule has 1 aromatic rings. The highest BCUT2D eigenvalue weighted by atomic mass is 16.6. The topological polar surface area (TPSA) is 49.9 Å². The predicted octanol–water partition coefficient (Wildman–Crippen LogP) is 2.44. The van der Waals surface area contributed by atoms with Crippen LogP contribution in [0.2, 0.25) is 0 Å². The summed E-state index contributed by atoms with van der Waals surface area (Å²) in [5.41, 5.74) is 2.26. The second kappa shape index (κ2) is 6.38. The summed E-state index contributed by atoms with van der Waals surface area (Å²) in [5.74, 6) is 0.0169. The number of rotatable bonds is 2. The van der Waals surface area contributed by atoms with Gasteiger partial charge in [-0.05, 0) is 37.8 Å². The number of piperidine rings is 1. The highest BCUT2D eigenvalue weighted by molar-refractivity contribution is 5.97. The van der Waals surface area contributed by atoms with Crippen LogP contribution < -0.4 is 4.90 Å². The van der Waals surface area contributed by atoms with E-state index in [-0.39, 0.29) is 17.9 Å². The van der Waals surface area contributed by atoms with E-state index in [1.165, 1.54) is 5.56 Å². The third kappa shape index (κ3) is 2.80. The average molecular weight is 302 g/mol. The van der Waals surface area contributed by atoms with E-state index in [4.69, 9.17) is 4.74 Å². The van der Waals surface area contributed by atoms with Gasteiger partial charge in [0, 0.05) is 25.3 Å². The molecule has 22 heavy (non-hydrogen) atoms. The largest absolute Gasteiger partial charge is 0.450 e. The molecule has 0 N–H and O–H groups in total. The van der Waals surface area contributed by atoms with E-state index in [0.717, 1.165) is 31.5 Å². The third-order valence-corrected chi connectivity index (χ3v) is 4.45. The molecule has 5 nitrogen and oxygen atoms in total. The summed E-state index contributed by atoms with van der Waals surface area (Å²) < 4.78 is 5.05. The van der Waals surface area contributed by atoms with Crippen LogP contribution in [0.5, 0.6) is 0 Å². The molecule has 1 atom stereocenters. The Morgan fingerprint density at radius 2 is 2.09 bits per heavy atom. The van der Waals surface area contributed by atoms with E-state index < -0.39 is 0 Å². The van der Waals surface area contributed by atoms with Crippen LogP contribution in [0.3, 0.4) is 0 Å². The highest BCUT2D eigenvalue weighted by Crippen LogP contribution is 2.30. The third-order valence-electron chi connectivity index (χ3n) is 4.45. The maximum atomic E-state index is 12.8. The van der Waals surface area contributed by atoms with Gasteiger partial charge in [0.25, 0.3) is 0 Å². The fourth-order valence-corrected chi connectivity index (χ4v) is 3.35. The molecule has 0 spiro atoms. The lowest BCUT2D eigenvalue weighted by Gasteiger charge is -2.33. The quantitative estimate of drug-likeness (QED) is 0.843. The van der Waals surface area contributed by atoms with Crippen LogP contribution in [0.4, 0.5) is 10.5 Å². The maximum absolute atomic E-state index is 12.8. The van der Waals surface area contributed by atoms with Gasteiger partial charge in [-0.15, -0.1) is 0 Å². The summed E-state index contributed by atoms with van der Waals surface area (Å²) in [6.45, 7) is 4.06. The molecule has 1 aromatic carbocycles. The molecule has 0 saturated carbocycles. The minimum absolute atomic E-state index is 0.121. The Labute approximate surface area is 130 Å². The summed E-state index contributed by atoms with van der Waals surface area (Å²) in [6.07, 6.45) is 2.30. The maximum Gasteiger partial charge on any atom is 0.409 e. The van der Waals surface area contributed by atoms with Gasteiger partial charge in [0.1, 0.15) is 0 Å². The van der Waals surface area contributed by atoms with Gasteiger partial charge in [0.2, 0.25) is 5.91 Å². The number of ether oxygens (including phenoxy) is 1. The lowest BCUT2D eigenvalue weighted by Crippen LogP contribution is -2.46. The molecule has 1 fully saturated rings. The van der Waals surface area contributed by atoms with Gasteiger partial charge < -0.3 is 14.5 Å². The van der Waals surface area contributed by atoms with Crippen LogP contribution in [0.15, 0.2) is 24.3 Å². The molecular weight excluding hydrogens is 280 g/mol. The smallest absolute Gasteiger partial charge is 0.409 e. The van der Waals surface area contributed by atoms with Crippen molar-refractivity contribution in [1.29, 1.82) is 0 Å². The first-order chi connectivity index (χ1) is 10.7. The summed E-state index contributed by atoms with van der Waals surface area (Å²) >= 11 is 0. The molecule has 2 heterocycles. The first-order valence-corrected chi connectivity index (χ1v) is 8.01. The van der Waals surface area contributed by atoms with Crippen LogP contribution in [0.1, 0.15) is 25.3 Å². The Balaban J connectivity index is 1.69. The standard InChI is InChI=1S/C17H22N2O3/c1-2-22-17(21)18-10-5-7-14(12-18)16(20)19-11-9-13-6-3-4-8-15(13)19/h3-4,6,8,14H,2,5,7,9-12H2,1H3. The normalized spacial score (nSPS) is 20.7. The molecule has 0 bridgehead atoms. The van der Waals surface area contributed by atoms with Crippen molar-refractivity contribution in [3.63, 3.8) is 0 Å². The predicted molar refractivity (Wildman–Crippen MR) is 83.8 cm³/mol. The van der Waals surface area contributed by atoms with E-state index in [1.807, 2.05) is 23.1 Å². The van der Waals surface area contributed by atoms with Crippen molar-refractivity contribution in [2.45, 2.75) is 26.2 Å². The summed E-state index contributed by atoms with van der Waals surface area (Å²) in [5, 5.41) is 0. The second-order valence-corrected chi connectivity index (χ2v) is 5.85. The first kappa shape index (κ1) is 14.9. The zero-order chi connectivity index (χ0) is 15.5. The number of anilines is 1. The van der Waals surface area contributed by atoms with Crippen LogP contribution in [0.25, 0.3) is 0 Å². The summed E-state index contributed by atoms with van der Waals surface area (Å²) in [6, 6.07) is 8.06. The van der Waals surface area contributed by atoms with E-state index in [0.29, 0.717) is 19.7 Å². The van der Waals surface area contributed by atoms with Gasteiger partial charge in [0.15, 0.2) is 0 Å². The van der Waals surface area contributed by atoms with Crippen LogP contribution >= 0.6 is 0 Å². The van der Waals surface area contributed by atoms with Gasteiger partial charge in [-0.2, -0.15) is 0 Å². The van der Waals surface area contributed by atoms with Gasteiger partial charge in [-0.3, -0.25) is 4.79 Å². The van der Waals surface area contributed by atoms with Crippen molar-refractivity contribution < 1.29 is 14.3 Å². The van der Waals surface area contributed by atoms with Crippen LogP contribution in [-0.2, 0) is 16.0 Å². The SMILES string of the molecule is CCOC(=O)N1CCCC(C(=O)N2CCc3ccccc32)C1. The number of fused-ring (bicyclic) bond motifs is 1. The van der Waals surface area contributed by atoms with E-state index in [2.05, 4.69) is 6.07 Å². The summed E-state index contributed by atoms with van der Waals surface area (Å²) in [7, 11) is 0. The molecule has 0 aromatic heterocycles. The molecule has 3 rings (SSSR count). The number of carbonyl (C=O) groups excluding carboxylic acids is 2. The van der Waals surface area contributed by atoms with E-state index >= 15 is 0 Å². The molecule has 0 aliphatic carbocycles. The number of amides is 2. The average Bonchev–Trinajstić information content (AvgIpc) is 2.98. The number of hydrogen-bond donors (Lipinski definition) is 0. The minimum Gasteiger partial charge on any atom is -0.450 e. The van der Waals surface area contributed by atoms with Gasteiger partial charge in [0.05, 0.1) is 12.5 Å².